The normalized spacial score (nSPS) is 10.1. The average Bonchev–Trinajstić information content (AvgIpc) is 2.49. The molecule has 5 heteroatoms. The Kier molecular flexibility index (Phi) is 4.68. The van der Waals surface area contributed by atoms with Crippen LogP contribution in [-0.2, 0) is 0 Å². The summed E-state index contributed by atoms with van der Waals surface area (Å²) in [5.41, 5.74) is 7.88. The SMILES string of the molecule is CN(CCN)c1ccc(NC(=O)c2cccnc2)cc1. The summed E-state index contributed by atoms with van der Waals surface area (Å²) in [6, 6.07) is 11.1. The van der Waals surface area contributed by atoms with Crippen LogP contribution in [0.25, 0.3) is 0 Å². The van der Waals surface area contributed by atoms with Crippen LogP contribution < -0.4 is 16.0 Å². The summed E-state index contributed by atoms with van der Waals surface area (Å²) >= 11 is 0. The molecule has 0 bridgehead atoms. The van der Waals surface area contributed by atoms with Crippen molar-refractivity contribution < 1.29 is 4.79 Å². The van der Waals surface area contributed by atoms with Gasteiger partial charge in [0.2, 0.25) is 0 Å². The molecule has 0 aliphatic carbocycles. The third kappa shape index (κ3) is 3.55. The number of nitrogens with zero attached hydrogens (tertiary/aromatic N) is 2. The van der Waals surface area contributed by atoms with E-state index in [9.17, 15) is 4.79 Å². The molecule has 0 radical (unpaired) electrons. The fourth-order valence-electron chi connectivity index (χ4n) is 1.82. The van der Waals surface area contributed by atoms with Gasteiger partial charge >= 0.3 is 0 Å². The molecule has 5 nitrogen and oxygen atoms in total. The van der Waals surface area contributed by atoms with Gasteiger partial charge in [-0.3, -0.25) is 9.78 Å². The van der Waals surface area contributed by atoms with Crippen LogP contribution >= 0.6 is 0 Å². The first kappa shape index (κ1) is 14.0. The molecule has 3 N–H and O–H groups in total. The number of aromatic nitrogens is 1. The first-order chi connectivity index (χ1) is 9.70. The summed E-state index contributed by atoms with van der Waals surface area (Å²) < 4.78 is 0. The lowest BCUT2D eigenvalue weighted by Crippen LogP contribution is -2.24. The lowest BCUT2D eigenvalue weighted by atomic mass is 10.2. The van der Waals surface area contributed by atoms with Crippen molar-refractivity contribution in [2.24, 2.45) is 5.73 Å². The van der Waals surface area contributed by atoms with E-state index in [1.807, 2.05) is 31.3 Å². The molecule has 0 aliphatic rings. The Morgan fingerprint density at radius 1 is 1.30 bits per heavy atom. The maximum atomic E-state index is 12.0. The van der Waals surface area contributed by atoms with Crippen LogP contribution in [0.3, 0.4) is 0 Å². The number of carbonyl (C=O) groups is 1. The quantitative estimate of drug-likeness (QED) is 0.868. The zero-order chi connectivity index (χ0) is 14.4. The topological polar surface area (TPSA) is 71.2 Å². The standard InChI is InChI=1S/C15H18N4O/c1-19(10-8-16)14-6-4-13(5-7-14)18-15(20)12-3-2-9-17-11-12/h2-7,9,11H,8,10,16H2,1H3,(H,18,20). The lowest BCUT2D eigenvalue weighted by Gasteiger charge is -2.18. The fourth-order valence-corrected chi connectivity index (χ4v) is 1.82. The Hall–Kier alpha value is -2.40. The van der Waals surface area contributed by atoms with E-state index in [0.717, 1.165) is 17.9 Å². The summed E-state index contributed by atoms with van der Waals surface area (Å²) in [5, 5.41) is 2.83. The Morgan fingerprint density at radius 3 is 2.65 bits per heavy atom. The van der Waals surface area contributed by atoms with E-state index in [1.165, 1.54) is 0 Å². The molecule has 20 heavy (non-hydrogen) atoms. The highest BCUT2D eigenvalue weighted by Crippen LogP contribution is 2.17. The van der Waals surface area contributed by atoms with Crippen LogP contribution in [0.1, 0.15) is 10.4 Å². The minimum absolute atomic E-state index is 0.166. The Labute approximate surface area is 118 Å². The predicted molar refractivity (Wildman–Crippen MR) is 81.0 cm³/mol. The van der Waals surface area contributed by atoms with Gasteiger partial charge < -0.3 is 16.0 Å². The summed E-state index contributed by atoms with van der Waals surface area (Å²) in [5.74, 6) is -0.166. The highest BCUT2D eigenvalue weighted by atomic mass is 16.1. The molecule has 0 spiro atoms. The molecule has 1 aromatic heterocycles. The van der Waals surface area contributed by atoms with Gasteiger partial charge in [0.15, 0.2) is 0 Å². The van der Waals surface area contributed by atoms with Crippen molar-refractivity contribution in [3.8, 4) is 0 Å². The van der Waals surface area contributed by atoms with Crippen LogP contribution in [0.2, 0.25) is 0 Å². The van der Waals surface area contributed by atoms with Crippen molar-refractivity contribution in [3.63, 3.8) is 0 Å². The van der Waals surface area contributed by atoms with E-state index in [1.54, 1.807) is 24.5 Å². The summed E-state index contributed by atoms with van der Waals surface area (Å²) in [6.45, 7) is 1.40. The first-order valence-electron chi connectivity index (χ1n) is 6.43. The molecule has 104 valence electrons. The van der Waals surface area contributed by atoms with Crippen LogP contribution in [0.15, 0.2) is 48.8 Å². The number of nitrogens with one attached hydrogen (secondary N) is 1. The number of amides is 1. The number of pyridine rings is 1. The maximum Gasteiger partial charge on any atom is 0.257 e. The molecule has 1 heterocycles. The number of benzene rings is 1. The number of hydrogen-bond acceptors (Lipinski definition) is 4. The Bertz CT molecular complexity index is 554. The van der Waals surface area contributed by atoms with Crippen molar-refractivity contribution in [3.05, 3.63) is 54.4 Å². The highest BCUT2D eigenvalue weighted by molar-refractivity contribution is 6.04. The Morgan fingerprint density at radius 2 is 2.05 bits per heavy atom. The van der Waals surface area contributed by atoms with Crippen molar-refractivity contribution in [1.82, 2.24) is 4.98 Å². The van der Waals surface area contributed by atoms with Gasteiger partial charge in [0.25, 0.3) is 5.91 Å². The molecule has 0 saturated heterocycles. The number of nitrogens with two attached hydrogens (primary N) is 1. The van der Waals surface area contributed by atoms with Crippen LogP contribution in [0.5, 0.6) is 0 Å². The maximum absolute atomic E-state index is 12.0. The number of likely N-dealkylation sites (N-methyl/N-ethyl adjacent to an activating group) is 1. The second-order valence-electron chi connectivity index (χ2n) is 4.45. The van der Waals surface area contributed by atoms with E-state index >= 15 is 0 Å². The van der Waals surface area contributed by atoms with Gasteiger partial charge in [-0.05, 0) is 36.4 Å². The average molecular weight is 270 g/mol. The van der Waals surface area contributed by atoms with E-state index in [-0.39, 0.29) is 5.91 Å². The Balaban J connectivity index is 2.02. The monoisotopic (exact) mass is 270 g/mol. The van der Waals surface area contributed by atoms with Gasteiger partial charge in [-0.25, -0.2) is 0 Å². The summed E-state index contributed by atoms with van der Waals surface area (Å²) in [4.78, 5) is 17.9. The van der Waals surface area contributed by atoms with Gasteiger partial charge in [0, 0.05) is 43.9 Å². The summed E-state index contributed by atoms with van der Waals surface area (Å²) in [7, 11) is 1.98. The van der Waals surface area contributed by atoms with Crippen molar-refractivity contribution in [1.29, 1.82) is 0 Å². The molecule has 0 saturated carbocycles. The van der Waals surface area contributed by atoms with Gasteiger partial charge in [-0.15, -0.1) is 0 Å². The van der Waals surface area contributed by atoms with Gasteiger partial charge in [-0.2, -0.15) is 0 Å². The molecule has 1 aromatic carbocycles. The van der Waals surface area contributed by atoms with E-state index < -0.39 is 0 Å². The van der Waals surface area contributed by atoms with Crippen LogP contribution in [0, 0.1) is 0 Å². The zero-order valence-corrected chi connectivity index (χ0v) is 11.4. The van der Waals surface area contributed by atoms with Crippen molar-refractivity contribution in [2.75, 3.05) is 30.4 Å². The fraction of sp³-hybridized carbons (Fsp3) is 0.200. The van der Waals surface area contributed by atoms with Gasteiger partial charge in [0.1, 0.15) is 0 Å². The molecule has 0 fully saturated rings. The highest BCUT2D eigenvalue weighted by Gasteiger charge is 2.06. The number of anilines is 2. The smallest absolute Gasteiger partial charge is 0.257 e. The van der Waals surface area contributed by atoms with Crippen molar-refractivity contribution >= 4 is 17.3 Å². The van der Waals surface area contributed by atoms with Crippen LogP contribution in [0.4, 0.5) is 11.4 Å². The largest absolute Gasteiger partial charge is 0.373 e. The first-order valence-corrected chi connectivity index (χ1v) is 6.43. The molecule has 2 aromatic rings. The third-order valence-corrected chi connectivity index (χ3v) is 2.95. The lowest BCUT2D eigenvalue weighted by molar-refractivity contribution is 0.102. The number of carbonyl (C=O) groups excluding carboxylic acids is 1. The van der Waals surface area contributed by atoms with E-state index in [4.69, 9.17) is 5.73 Å². The molecular weight excluding hydrogens is 252 g/mol. The second-order valence-corrected chi connectivity index (χ2v) is 4.45. The molecule has 2 rings (SSSR count). The molecule has 0 unspecified atom stereocenters. The predicted octanol–water partition coefficient (Wildman–Crippen LogP) is 1.73. The van der Waals surface area contributed by atoms with Crippen LogP contribution in [-0.4, -0.2) is 31.0 Å². The van der Waals surface area contributed by atoms with E-state index in [2.05, 4.69) is 15.2 Å². The van der Waals surface area contributed by atoms with Gasteiger partial charge in [0.05, 0.1) is 5.56 Å². The minimum Gasteiger partial charge on any atom is -0.373 e. The number of hydrogen-bond donors (Lipinski definition) is 2. The van der Waals surface area contributed by atoms with Crippen molar-refractivity contribution in [2.45, 2.75) is 0 Å². The molecule has 0 atom stereocenters. The molecular formula is C15H18N4O. The third-order valence-electron chi connectivity index (χ3n) is 2.95. The van der Waals surface area contributed by atoms with E-state index in [0.29, 0.717) is 12.1 Å². The second kappa shape index (κ2) is 6.68. The molecule has 0 aliphatic heterocycles. The minimum atomic E-state index is -0.166. The summed E-state index contributed by atoms with van der Waals surface area (Å²) in [6.07, 6.45) is 3.18. The van der Waals surface area contributed by atoms with Gasteiger partial charge in [-0.1, -0.05) is 0 Å². The molecule has 1 amide bonds. The zero-order valence-electron chi connectivity index (χ0n) is 11.4. The number of rotatable bonds is 5.